The fraction of sp³-hybridized carbons (Fsp3) is 0.312. The Bertz CT molecular complexity index is 611. The van der Waals surface area contributed by atoms with Crippen molar-refractivity contribution in [3.63, 3.8) is 0 Å². The molecule has 0 radical (unpaired) electrons. The van der Waals surface area contributed by atoms with Gasteiger partial charge in [-0.25, -0.2) is 13.1 Å². The first-order chi connectivity index (χ1) is 10.4. The van der Waals surface area contributed by atoms with Crippen molar-refractivity contribution < 1.29 is 13.2 Å². The van der Waals surface area contributed by atoms with Crippen LogP contribution in [-0.2, 0) is 14.8 Å². The highest BCUT2D eigenvalue weighted by molar-refractivity contribution is 7.89. The second-order valence-electron chi connectivity index (χ2n) is 4.84. The molecule has 22 heavy (non-hydrogen) atoms. The molecule has 0 atom stereocenters. The maximum absolute atomic E-state index is 12.1. The molecule has 120 valence electrons. The highest BCUT2D eigenvalue weighted by Crippen LogP contribution is 2.09. The molecule has 5 nitrogen and oxygen atoms in total. The Labute approximate surface area is 132 Å². The number of nitrogens with zero attached hydrogens (tertiary/aromatic N) is 1. The third-order valence-corrected chi connectivity index (χ3v) is 4.49. The quantitative estimate of drug-likeness (QED) is 0.706. The largest absolute Gasteiger partial charge is 0.335 e. The normalized spacial score (nSPS) is 11.0. The predicted molar refractivity (Wildman–Crippen MR) is 88.0 cm³/mol. The molecule has 6 heteroatoms. The summed E-state index contributed by atoms with van der Waals surface area (Å²) in [7, 11) is -3.58. The van der Waals surface area contributed by atoms with Gasteiger partial charge in [0.1, 0.15) is 0 Å². The van der Waals surface area contributed by atoms with Crippen molar-refractivity contribution in [2.45, 2.75) is 18.2 Å². The van der Waals surface area contributed by atoms with Gasteiger partial charge < -0.3 is 4.90 Å². The highest BCUT2D eigenvalue weighted by atomic mass is 32.2. The lowest BCUT2D eigenvalue weighted by atomic mass is 10.2. The van der Waals surface area contributed by atoms with Crippen molar-refractivity contribution in [1.82, 2.24) is 9.62 Å². The first-order valence-corrected chi connectivity index (χ1v) is 8.45. The number of nitrogens with one attached hydrogen (secondary N) is 1. The van der Waals surface area contributed by atoms with Crippen molar-refractivity contribution in [2.24, 2.45) is 0 Å². The summed E-state index contributed by atoms with van der Waals surface area (Å²) < 4.78 is 26.6. The Kier molecular flexibility index (Phi) is 7.01. The van der Waals surface area contributed by atoms with Crippen LogP contribution in [0.15, 0.2) is 54.5 Å². The second kappa shape index (κ2) is 8.51. The summed E-state index contributed by atoms with van der Waals surface area (Å²) in [6.45, 7) is 9.95. The Balaban J connectivity index is 2.58. The highest BCUT2D eigenvalue weighted by Gasteiger charge is 2.15. The van der Waals surface area contributed by atoms with Gasteiger partial charge in [0, 0.05) is 26.1 Å². The minimum Gasteiger partial charge on any atom is -0.335 e. The van der Waals surface area contributed by atoms with E-state index in [4.69, 9.17) is 0 Å². The molecule has 0 saturated heterocycles. The number of aryl methyl sites for hydroxylation is 1. The molecule has 0 aliphatic carbocycles. The molecule has 0 bridgehead atoms. The first-order valence-electron chi connectivity index (χ1n) is 6.96. The number of carbonyl (C=O) groups is 1. The SMILES string of the molecule is C=CCN(CC=C)C(=O)CCNS(=O)(=O)c1ccc(C)cc1. The molecule has 1 N–H and O–H groups in total. The monoisotopic (exact) mass is 322 g/mol. The average molecular weight is 322 g/mol. The molecule has 0 heterocycles. The van der Waals surface area contributed by atoms with Gasteiger partial charge in [0.2, 0.25) is 15.9 Å². The van der Waals surface area contributed by atoms with Crippen molar-refractivity contribution in [1.29, 1.82) is 0 Å². The molecule has 0 aromatic heterocycles. The van der Waals surface area contributed by atoms with E-state index in [0.29, 0.717) is 13.1 Å². The first kappa shape index (κ1) is 18.1. The van der Waals surface area contributed by atoms with Gasteiger partial charge in [-0.3, -0.25) is 4.79 Å². The number of hydrogen-bond acceptors (Lipinski definition) is 3. The molecule has 1 rings (SSSR count). The van der Waals surface area contributed by atoms with Crippen LogP contribution >= 0.6 is 0 Å². The fourth-order valence-corrected chi connectivity index (χ4v) is 2.87. The van der Waals surface area contributed by atoms with E-state index in [1.165, 1.54) is 0 Å². The molecule has 0 aliphatic heterocycles. The van der Waals surface area contributed by atoms with Gasteiger partial charge in [0.25, 0.3) is 0 Å². The summed E-state index contributed by atoms with van der Waals surface area (Å²) in [5, 5.41) is 0. The predicted octanol–water partition coefficient (Wildman–Crippen LogP) is 1.86. The summed E-state index contributed by atoms with van der Waals surface area (Å²) >= 11 is 0. The van der Waals surface area contributed by atoms with Crippen molar-refractivity contribution in [3.8, 4) is 0 Å². The van der Waals surface area contributed by atoms with Crippen LogP contribution in [0.25, 0.3) is 0 Å². The van der Waals surface area contributed by atoms with Crippen molar-refractivity contribution in [2.75, 3.05) is 19.6 Å². The Morgan fingerprint density at radius 1 is 1.18 bits per heavy atom. The van der Waals surface area contributed by atoms with Crippen LogP contribution in [0.4, 0.5) is 0 Å². The number of sulfonamides is 1. The summed E-state index contributed by atoms with van der Waals surface area (Å²) in [4.78, 5) is 13.7. The Morgan fingerprint density at radius 3 is 2.23 bits per heavy atom. The standard InChI is InChI=1S/C16H22N2O3S/c1-4-12-18(13-5-2)16(19)10-11-17-22(20,21)15-8-6-14(3)7-9-15/h4-9,17H,1-2,10-13H2,3H3. The molecule has 1 aromatic carbocycles. The number of benzene rings is 1. The smallest absolute Gasteiger partial charge is 0.240 e. The van der Waals surface area contributed by atoms with Crippen LogP contribution in [0.3, 0.4) is 0 Å². The topological polar surface area (TPSA) is 66.5 Å². The van der Waals surface area contributed by atoms with Gasteiger partial charge in [-0.05, 0) is 19.1 Å². The van der Waals surface area contributed by atoms with Crippen LogP contribution in [0.1, 0.15) is 12.0 Å². The molecule has 0 unspecified atom stereocenters. The number of rotatable bonds is 9. The third kappa shape index (κ3) is 5.46. The Morgan fingerprint density at radius 2 is 1.73 bits per heavy atom. The maximum Gasteiger partial charge on any atom is 0.240 e. The van der Waals surface area contributed by atoms with Gasteiger partial charge in [-0.15, -0.1) is 13.2 Å². The molecule has 1 amide bonds. The van der Waals surface area contributed by atoms with E-state index >= 15 is 0 Å². The van der Waals surface area contributed by atoms with Crippen molar-refractivity contribution in [3.05, 3.63) is 55.1 Å². The van der Waals surface area contributed by atoms with Gasteiger partial charge in [-0.2, -0.15) is 0 Å². The molecular formula is C16H22N2O3S. The van der Waals surface area contributed by atoms with Gasteiger partial charge in [0.05, 0.1) is 4.90 Å². The minimum absolute atomic E-state index is 0.0554. The van der Waals surface area contributed by atoms with Crippen LogP contribution in [0.2, 0.25) is 0 Å². The van der Waals surface area contributed by atoms with E-state index in [1.54, 1.807) is 41.3 Å². The van der Waals surface area contributed by atoms with Crippen LogP contribution in [-0.4, -0.2) is 38.9 Å². The molecule has 0 fully saturated rings. The molecule has 1 aromatic rings. The zero-order valence-electron chi connectivity index (χ0n) is 12.8. The summed E-state index contributed by atoms with van der Waals surface area (Å²) in [6.07, 6.45) is 3.34. The van der Waals surface area contributed by atoms with E-state index in [-0.39, 0.29) is 23.8 Å². The van der Waals surface area contributed by atoms with Crippen LogP contribution in [0, 0.1) is 6.92 Å². The number of carbonyl (C=O) groups excluding carboxylic acids is 1. The van der Waals surface area contributed by atoms with Crippen LogP contribution < -0.4 is 4.72 Å². The Hall–Kier alpha value is -1.92. The molecule has 0 spiro atoms. The van der Waals surface area contributed by atoms with Crippen molar-refractivity contribution >= 4 is 15.9 Å². The van der Waals surface area contributed by atoms with E-state index in [9.17, 15) is 13.2 Å². The number of hydrogen-bond donors (Lipinski definition) is 1. The second-order valence-corrected chi connectivity index (χ2v) is 6.60. The van der Waals surface area contributed by atoms with Crippen LogP contribution in [0.5, 0.6) is 0 Å². The lowest BCUT2D eigenvalue weighted by Gasteiger charge is -2.19. The maximum atomic E-state index is 12.1. The molecule has 0 aliphatic rings. The molecule has 0 saturated carbocycles. The van der Waals surface area contributed by atoms with E-state index in [2.05, 4.69) is 17.9 Å². The summed E-state index contributed by atoms with van der Waals surface area (Å²) in [5.41, 5.74) is 0.985. The van der Waals surface area contributed by atoms with E-state index in [0.717, 1.165) is 5.56 Å². The van der Waals surface area contributed by atoms with E-state index < -0.39 is 10.0 Å². The zero-order chi connectivity index (χ0) is 16.6. The minimum atomic E-state index is -3.58. The molecular weight excluding hydrogens is 300 g/mol. The summed E-state index contributed by atoms with van der Waals surface area (Å²) in [5.74, 6) is -0.147. The number of amides is 1. The van der Waals surface area contributed by atoms with Gasteiger partial charge in [0.15, 0.2) is 0 Å². The average Bonchev–Trinajstić information content (AvgIpc) is 2.47. The summed E-state index contributed by atoms with van der Waals surface area (Å²) in [6, 6.07) is 6.55. The lowest BCUT2D eigenvalue weighted by molar-refractivity contribution is -0.130. The fourth-order valence-electron chi connectivity index (χ4n) is 1.84. The third-order valence-electron chi connectivity index (χ3n) is 3.01. The van der Waals surface area contributed by atoms with Gasteiger partial charge in [-0.1, -0.05) is 29.8 Å². The van der Waals surface area contributed by atoms with E-state index in [1.807, 2.05) is 6.92 Å². The van der Waals surface area contributed by atoms with Gasteiger partial charge >= 0.3 is 0 Å². The lowest BCUT2D eigenvalue weighted by Crippen LogP contribution is -2.34. The zero-order valence-corrected chi connectivity index (χ0v) is 13.6.